The molecule has 3 aliphatic rings. The van der Waals surface area contributed by atoms with Crippen LogP contribution in [-0.4, -0.2) is 25.1 Å². The van der Waals surface area contributed by atoms with Gasteiger partial charge < -0.3 is 14.2 Å². The van der Waals surface area contributed by atoms with Gasteiger partial charge in [0.2, 0.25) is 0 Å². The van der Waals surface area contributed by atoms with Crippen LogP contribution in [0.3, 0.4) is 0 Å². The number of fused-ring (bicyclic) bond motifs is 4. The lowest BCUT2D eigenvalue weighted by Crippen LogP contribution is -2.40. The van der Waals surface area contributed by atoms with Crippen LogP contribution in [0.15, 0.2) is 24.3 Å². The van der Waals surface area contributed by atoms with Gasteiger partial charge in [0.1, 0.15) is 6.10 Å². The zero-order valence-electron chi connectivity index (χ0n) is 12.2. The number of ether oxygens (including phenoxy) is 3. The van der Waals surface area contributed by atoms with Gasteiger partial charge in [-0.25, -0.2) is 0 Å². The molecule has 4 rings (SSSR count). The van der Waals surface area contributed by atoms with E-state index in [1.165, 1.54) is 19.3 Å². The fourth-order valence-electron chi connectivity index (χ4n) is 3.96. The van der Waals surface area contributed by atoms with Gasteiger partial charge in [0.05, 0.1) is 5.56 Å². The van der Waals surface area contributed by atoms with Crippen molar-refractivity contribution in [1.82, 2.24) is 0 Å². The van der Waals surface area contributed by atoms with Gasteiger partial charge in [-0.15, -0.1) is 0 Å². The molecule has 3 atom stereocenters. The summed E-state index contributed by atoms with van der Waals surface area (Å²) in [6.07, 6.45) is 5.19. The molecule has 1 saturated carbocycles. The molecule has 0 aromatic heterocycles. The summed E-state index contributed by atoms with van der Waals surface area (Å²) in [5.74, 6) is -0.775. The molecule has 2 heterocycles. The standard InChI is InChI=1S/C17H20O4/c1-19-17-13-10-6-5-9-12(13)14(18)16(21-17)15(20-17)11-7-3-2-4-8-11/h5-6,9-11,15-16H,2-4,7-8H2,1H3/t15-,16-,17-/m0/s1. The molecular formula is C17H20O4. The molecule has 1 aromatic rings. The zero-order chi connectivity index (χ0) is 14.4. The van der Waals surface area contributed by atoms with Crippen LogP contribution in [0.1, 0.15) is 48.0 Å². The third kappa shape index (κ3) is 1.90. The highest BCUT2D eigenvalue weighted by atomic mass is 16.9. The Morgan fingerprint density at radius 3 is 2.67 bits per heavy atom. The number of rotatable bonds is 2. The van der Waals surface area contributed by atoms with Gasteiger partial charge in [-0.05, 0) is 18.8 Å². The van der Waals surface area contributed by atoms with Crippen LogP contribution >= 0.6 is 0 Å². The molecule has 0 amide bonds. The van der Waals surface area contributed by atoms with E-state index in [2.05, 4.69) is 0 Å². The summed E-state index contributed by atoms with van der Waals surface area (Å²) in [5, 5.41) is 0. The first-order valence-electron chi connectivity index (χ1n) is 7.80. The van der Waals surface area contributed by atoms with E-state index in [1.54, 1.807) is 7.11 Å². The maximum absolute atomic E-state index is 12.7. The smallest absolute Gasteiger partial charge is 0.313 e. The Morgan fingerprint density at radius 1 is 1.14 bits per heavy atom. The molecule has 21 heavy (non-hydrogen) atoms. The Kier molecular flexibility index (Phi) is 3.14. The maximum Gasteiger partial charge on any atom is 0.313 e. The van der Waals surface area contributed by atoms with E-state index >= 15 is 0 Å². The molecule has 4 nitrogen and oxygen atoms in total. The second-order valence-corrected chi connectivity index (χ2v) is 6.19. The molecule has 0 spiro atoms. The van der Waals surface area contributed by atoms with Crippen molar-refractivity contribution in [3.05, 3.63) is 35.4 Å². The minimum atomic E-state index is -1.20. The van der Waals surface area contributed by atoms with Gasteiger partial charge in [0.25, 0.3) is 0 Å². The molecule has 1 saturated heterocycles. The molecule has 112 valence electrons. The van der Waals surface area contributed by atoms with E-state index in [-0.39, 0.29) is 11.9 Å². The number of carbonyl (C=O) groups excluding carboxylic acids is 1. The number of hydrogen-bond donors (Lipinski definition) is 0. The quantitative estimate of drug-likeness (QED) is 0.839. The Morgan fingerprint density at radius 2 is 1.90 bits per heavy atom. The molecular weight excluding hydrogens is 268 g/mol. The van der Waals surface area contributed by atoms with Crippen molar-refractivity contribution in [3.8, 4) is 0 Å². The first kappa shape index (κ1) is 13.4. The van der Waals surface area contributed by atoms with Gasteiger partial charge in [-0.3, -0.25) is 4.79 Å². The molecule has 0 radical (unpaired) electrons. The number of ketones is 1. The molecule has 1 aliphatic carbocycles. The number of benzene rings is 1. The van der Waals surface area contributed by atoms with Crippen LogP contribution in [0, 0.1) is 5.92 Å². The van der Waals surface area contributed by atoms with Crippen molar-refractivity contribution < 1.29 is 19.0 Å². The Bertz CT molecular complexity index is 564. The van der Waals surface area contributed by atoms with Crippen LogP contribution < -0.4 is 0 Å². The third-order valence-electron chi connectivity index (χ3n) is 5.04. The van der Waals surface area contributed by atoms with Crippen LogP contribution in [0.2, 0.25) is 0 Å². The highest BCUT2D eigenvalue weighted by Gasteiger charge is 2.59. The van der Waals surface area contributed by atoms with Gasteiger partial charge in [0.15, 0.2) is 11.9 Å². The first-order chi connectivity index (χ1) is 10.2. The predicted molar refractivity (Wildman–Crippen MR) is 75.8 cm³/mol. The molecule has 4 heteroatoms. The van der Waals surface area contributed by atoms with Crippen LogP contribution in [0.5, 0.6) is 0 Å². The van der Waals surface area contributed by atoms with Crippen LogP contribution in [0.4, 0.5) is 0 Å². The predicted octanol–water partition coefficient (Wildman–Crippen LogP) is 3.00. The fraction of sp³-hybridized carbons (Fsp3) is 0.588. The second kappa shape index (κ2) is 4.90. The SMILES string of the molecule is CO[C@@]12O[C@@H](C(=O)c3ccccc31)[C@H](C1CCCCC1)O2. The summed E-state index contributed by atoms with van der Waals surface area (Å²) < 4.78 is 17.7. The maximum atomic E-state index is 12.7. The molecule has 1 aromatic carbocycles. The Labute approximate surface area is 124 Å². The van der Waals surface area contributed by atoms with E-state index in [0.717, 1.165) is 12.8 Å². The first-order valence-corrected chi connectivity index (χ1v) is 7.80. The minimum Gasteiger partial charge on any atom is -0.327 e. The average molecular weight is 288 g/mol. The second-order valence-electron chi connectivity index (χ2n) is 6.19. The summed E-state index contributed by atoms with van der Waals surface area (Å²) in [4.78, 5) is 12.7. The summed E-state index contributed by atoms with van der Waals surface area (Å²) in [5.41, 5.74) is 1.38. The average Bonchev–Trinajstić information content (AvgIpc) is 2.92. The van der Waals surface area contributed by atoms with Gasteiger partial charge >= 0.3 is 5.97 Å². The van der Waals surface area contributed by atoms with E-state index < -0.39 is 12.1 Å². The van der Waals surface area contributed by atoms with Crippen LogP contribution in [0.25, 0.3) is 0 Å². The van der Waals surface area contributed by atoms with Crippen molar-refractivity contribution in [2.24, 2.45) is 5.92 Å². The highest BCUT2D eigenvalue weighted by molar-refractivity contribution is 6.02. The van der Waals surface area contributed by atoms with Crippen molar-refractivity contribution >= 4 is 5.78 Å². The minimum absolute atomic E-state index is 0.0337. The summed E-state index contributed by atoms with van der Waals surface area (Å²) >= 11 is 0. The van der Waals surface area contributed by atoms with Crippen molar-refractivity contribution in [2.45, 2.75) is 50.3 Å². The number of carbonyl (C=O) groups is 1. The van der Waals surface area contributed by atoms with E-state index in [1.807, 2.05) is 24.3 Å². The molecule has 2 fully saturated rings. The van der Waals surface area contributed by atoms with Gasteiger partial charge in [-0.1, -0.05) is 43.5 Å². The number of hydrogen-bond acceptors (Lipinski definition) is 4. The third-order valence-corrected chi connectivity index (χ3v) is 5.04. The number of Topliss-reactive ketones (excluding diaryl/α,β-unsaturated/α-hetero) is 1. The van der Waals surface area contributed by atoms with Crippen LogP contribution in [-0.2, 0) is 20.2 Å². The topological polar surface area (TPSA) is 44.8 Å². The normalized spacial score (nSPS) is 35.8. The lowest BCUT2D eigenvalue weighted by Gasteiger charge is -2.30. The van der Waals surface area contributed by atoms with E-state index in [4.69, 9.17) is 14.2 Å². The summed E-state index contributed by atoms with van der Waals surface area (Å²) in [6, 6.07) is 7.46. The summed E-state index contributed by atoms with van der Waals surface area (Å²) in [6.45, 7) is 0. The van der Waals surface area contributed by atoms with Crippen molar-refractivity contribution in [1.29, 1.82) is 0 Å². The summed E-state index contributed by atoms with van der Waals surface area (Å²) in [7, 11) is 1.58. The van der Waals surface area contributed by atoms with E-state index in [0.29, 0.717) is 17.0 Å². The monoisotopic (exact) mass is 288 g/mol. The largest absolute Gasteiger partial charge is 0.327 e. The molecule has 0 unspecified atom stereocenters. The number of methoxy groups -OCH3 is 1. The Hall–Kier alpha value is -1.23. The lowest BCUT2D eigenvalue weighted by atomic mass is 9.81. The Balaban J connectivity index is 1.74. The van der Waals surface area contributed by atoms with Gasteiger partial charge in [0, 0.05) is 12.7 Å². The molecule has 0 N–H and O–H groups in total. The van der Waals surface area contributed by atoms with E-state index in [9.17, 15) is 4.79 Å². The molecule has 2 aliphatic heterocycles. The molecule has 2 bridgehead atoms. The highest BCUT2D eigenvalue weighted by Crippen LogP contribution is 2.48. The lowest BCUT2D eigenvalue weighted by molar-refractivity contribution is -0.345. The zero-order valence-corrected chi connectivity index (χ0v) is 12.2. The van der Waals surface area contributed by atoms with Gasteiger partial charge in [-0.2, -0.15) is 0 Å². The fourth-order valence-corrected chi connectivity index (χ4v) is 3.96. The van der Waals surface area contributed by atoms with Crippen molar-refractivity contribution in [3.63, 3.8) is 0 Å². The van der Waals surface area contributed by atoms with Crippen molar-refractivity contribution in [2.75, 3.05) is 7.11 Å².